The molecule has 2 heterocycles. The maximum absolute atomic E-state index is 12.4. The van der Waals surface area contributed by atoms with E-state index < -0.39 is 11.5 Å². The largest absolute Gasteiger partial charge is 0.480 e. The van der Waals surface area contributed by atoms with Crippen LogP contribution in [0.15, 0.2) is 0 Å². The van der Waals surface area contributed by atoms with Crippen LogP contribution < -0.4 is 0 Å². The van der Waals surface area contributed by atoms with Gasteiger partial charge in [0.15, 0.2) is 0 Å². The third kappa shape index (κ3) is 3.32. The quantitative estimate of drug-likeness (QED) is 0.856. The van der Waals surface area contributed by atoms with Gasteiger partial charge in [-0.15, -0.1) is 0 Å². The van der Waals surface area contributed by atoms with Crippen LogP contribution in [-0.2, 0) is 9.59 Å². The standard InChI is InChI=1S/C15H26N2O3/c1-15(14(19)20)8-7-11-17(15)12-13(18)16-9-5-3-2-4-6-10-16/h2-12H2,1H3,(H,19,20). The summed E-state index contributed by atoms with van der Waals surface area (Å²) in [5.74, 6) is -0.711. The highest BCUT2D eigenvalue weighted by molar-refractivity contribution is 5.82. The minimum Gasteiger partial charge on any atom is -0.480 e. The third-order valence-electron chi connectivity index (χ3n) is 4.79. The molecule has 1 amide bonds. The number of carboxylic acids is 1. The molecule has 0 aromatic carbocycles. The SMILES string of the molecule is CC1(C(=O)O)CCCN1CC(=O)N1CCCCCCC1. The molecule has 1 N–H and O–H groups in total. The number of amides is 1. The summed E-state index contributed by atoms with van der Waals surface area (Å²) in [6.07, 6.45) is 7.29. The lowest BCUT2D eigenvalue weighted by Crippen LogP contribution is -2.52. The van der Waals surface area contributed by atoms with E-state index in [1.54, 1.807) is 6.92 Å². The summed E-state index contributed by atoms with van der Waals surface area (Å²) in [6.45, 7) is 4.36. The Morgan fingerprint density at radius 2 is 1.60 bits per heavy atom. The van der Waals surface area contributed by atoms with E-state index in [4.69, 9.17) is 0 Å². The van der Waals surface area contributed by atoms with Crippen molar-refractivity contribution in [3.8, 4) is 0 Å². The molecule has 2 rings (SSSR count). The van der Waals surface area contributed by atoms with Crippen molar-refractivity contribution in [3.05, 3.63) is 0 Å². The number of carbonyl (C=O) groups excluding carboxylic acids is 1. The number of hydrogen-bond donors (Lipinski definition) is 1. The van der Waals surface area contributed by atoms with Gasteiger partial charge in [0.05, 0.1) is 6.54 Å². The maximum atomic E-state index is 12.4. The molecule has 0 radical (unpaired) electrons. The lowest BCUT2D eigenvalue weighted by molar-refractivity contribution is -0.150. The third-order valence-corrected chi connectivity index (χ3v) is 4.79. The van der Waals surface area contributed by atoms with Crippen LogP contribution in [0.1, 0.15) is 51.9 Å². The van der Waals surface area contributed by atoms with Gasteiger partial charge in [0.1, 0.15) is 5.54 Å². The van der Waals surface area contributed by atoms with E-state index in [9.17, 15) is 14.7 Å². The van der Waals surface area contributed by atoms with Crippen LogP contribution in [0.25, 0.3) is 0 Å². The second kappa shape index (κ2) is 6.57. The average Bonchev–Trinajstić information content (AvgIpc) is 2.71. The first kappa shape index (κ1) is 15.3. The molecular weight excluding hydrogens is 256 g/mol. The molecule has 1 atom stereocenters. The zero-order valence-electron chi connectivity index (χ0n) is 12.4. The fourth-order valence-electron chi connectivity index (χ4n) is 3.27. The van der Waals surface area contributed by atoms with Crippen LogP contribution in [0.5, 0.6) is 0 Å². The Balaban J connectivity index is 1.94. The molecule has 1 unspecified atom stereocenters. The molecule has 2 aliphatic rings. The molecule has 2 aliphatic heterocycles. The Kier molecular flexibility index (Phi) is 5.02. The molecule has 2 saturated heterocycles. The Morgan fingerprint density at radius 3 is 2.20 bits per heavy atom. The summed E-state index contributed by atoms with van der Waals surface area (Å²) >= 11 is 0. The number of rotatable bonds is 3. The molecule has 0 saturated carbocycles. The van der Waals surface area contributed by atoms with Gasteiger partial charge in [-0.2, -0.15) is 0 Å². The molecule has 5 nitrogen and oxygen atoms in total. The normalized spacial score (nSPS) is 28.9. The van der Waals surface area contributed by atoms with Gasteiger partial charge in [0.2, 0.25) is 5.91 Å². The van der Waals surface area contributed by atoms with Gasteiger partial charge in [0.25, 0.3) is 0 Å². The van der Waals surface area contributed by atoms with Crippen molar-refractivity contribution in [2.45, 2.75) is 57.4 Å². The summed E-state index contributed by atoms with van der Waals surface area (Å²) in [7, 11) is 0. The predicted octanol–water partition coefficient (Wildman–Crippen LogP) is 1.72. The summed E-state index contributed by atoms with van der Waals surface area (Å²) in [5.41, 5.74) is -0.863. The summed E-state index contributed by atoms with van der Waals surface area (Å²) in [6, 6.07) is 0. The van der Waals surface area contributed by atoms with Crippen molar-refractivity contribution >= 4 is 11.9 Å². The number of nitrogens with zero attached hydrogens (tertiary/aromatic N) is 2. The topological polar surface area (TPSA) is 60.9 Å². The monoisotopic (exact) mass is 282 g/mol. The highest BCUT2D eigenvalue weighted by atomic mass is 16.4. The van der Waals surface area contributed by atoms with Crippen LogP contribution in [0.4, 0.5) is 0 Å². The second-order valence-corrected chi connectivity index (χ2v) is 6.25. The van der Waals surface area contributed by atoms with Gasteiger partial charge in [-0.1, -0.05) is 19.3 Å². The Labute approximate surface area is 120 Å². The van der Waals surface area contributed by atoms with E-state index in [1.165, 1.54) is 19.3 Å². The van der Waals surface area contributed by atoms with Crippen molar-refractivity contribution in [1.82, 2.24) is 9.80 Å². The number of aliphatic carboxylic acids is 1. The minimum atomic E-state index is -0.863. The van der Waals surface area contributed by atoms with E-state index in [0.717, 1.165) is 32.4 Å². The van der Waals surface area contributed by atoms with E-state index in [-0.39, 0.29) is 12.5 Å². The fourth-order valence-corrected chi connectivity index (χ4v) is 3.27. The number of likely N-dealkylation sites (tertiary alicyclic amines) is 2. The summed E-state index contributed by atoms with van der Waals surface area (Å²) < 4.78 is 0. The van der Waals surface area contributed by atoms with Crippen molar-refractivity contribution in [3.63, 3.8) is 0 Å². The van der Waals surface area contributed by atoms with E-state index in [0.29, 0.717) is 13.0 Å². The molecular formula is C15H26N2O3. The molecule has 0 spiro atoms. The Morgan fingerprint density at radius 1 is 1.00 bits per heavy atom. The van der Waals surface area contributed by atoms with E-state index in [1.807, 2.05) is 9.80 Å². The second-order valence-electron chi connectivity index (χ2n) is 6.25. The van der Waals surface area contributed by atoms with Crippen LogP contribution in [0.3, 0.4) is 0 Å². The molecule has 0 aromatic rings. The highest BCUT2D eigenvalue weighted by Gasteiger charge is 2.44. The number of carboxylic acid groups (broad SMARTS) is 1. The Bertz CT molecular complexity index is 364. The van der Waals surface area contributed by atoms with Crippen molar-refractivity contribution in [2.75, 3.05) is 26.2 Å². The van der Waals surface area contributed by atoms with Gasteiger partial charge in [-0.25, -0.2) is 0 Å². The molecule has 2 fully saturated rings. The zero-order valence-corrected chi connectivity index (χ0v) is 12.4. The molecule has 0 bridgehead atoms. The lowest BCUT2D eigenvalue weighted by Gasteiger charge is -2.33. The first-order chi connectivity index (χ1) is 9.54. The fraction of sp³-hybridized carbons (Fsp3) is 0.867. The molecule has 5 heteroatoms. The number of carbonyl (C=O) groups is 2. The van der Waals surface area contributed by atoms with Crippen LogP contribution in [0.2, 0.25) is 0 Å². The summed E-state index contributed by atoms with van der Waals surface area (Å²) in [4.78, 5) is 27.6. The van der Waals surface area contributed by atoms with Crippen LogP contribution in [0, 0.1) is 0 Å². The number of hydrogen-bond acceptors (Lipinski definition) is 3. The highest BCUT2D eigenvalue weighted by Crippen LogP contribution is 2.29. The molecule has 20 heavy (non-hydrogen) atoms. The molecule has 0 aliphatic carbocycles. The Hall–Kier alpha value is -1.10. The van der Waals surface area contributed by atoms with Gasteiger partial charge < -0.3 is 10.0 Å². The first-order valence-electron chi connectivity index (χ1n) is 7.80. The van der Waals surface area contributed by atoms with Crippen LogP contribution >= 0.6 is 0 Å². The maximum Gasteiger partial charge on any atom is 0.323 e. The van der Waals surface area contributed by atoms with Gasteiger partial charge in [-0.3, -0.25) is 14.5 Å². The zero-order chi connectivity index (χ0) is 14.6. The van der Waals surface area contributed by atoms with Crippen molar-refractivity contribution in [2.24, 2.45) is 0 Å². The molecule has 114 valence electrons. The summed E-state index contributed by atoms with van der Waals surface area (Å²) in [5, 5.41) is 9.38. The first-order valence-corrected chi connectivity index (χ1v) is 7.80. The van der Waals surface area contributed by atoms with Crippen molar-refractivity contribution < 1.29 is 14.7 Å². The van der Waals surface area contributed by atoms with E-state index >= 15 is 0 Å². The average molecular weight is 282 g/mol. The predicted molar refractivity (Wildman–Crippen MR) is 76.5 cm³/mol. The van der Waals surface area contributed by atoms with Gasteiger partial charge >= 0.3 is 5.97 Å². The van der Waals surface area contributed by atoms with Gasteiger partial charge in [0, 0.05) is 13.1 Å². The molecule has 0 aromatic heterocycles. The smallest absolute Gasteiger partial charge is 0.323 e. The minimum absolute atomic E-state index is 0.0984. The van der Waals surface area contributed by atoms with Gasteiger partial charge in [-0.05, 0) is 39.2 Å². The van der Waals surface area contributed by atoms with E-state index in [2.05, 4.69) is 0 Å². The lowest BCUT2D eigenvalue weighted by atomic mass is 9.99. The van der Waals surface area contributed by atoms with Crippen LogP contribution in [-0.4, -0.2) is 58.5 Å². The van der Waals surface area contributed by atoms with Crippen molar-refractivity contribution in [1.29, 1.82) is 0 Å².